The number of amides is 2. The number of hydrogen-bond acceptors (Lipinski definition) is 3. The maximum absolute atomic E-state index is 11.8. The van der Waals surface area contributed by atoms with Gasteiger partial charge in [-0.3, -0.25) is 4.90 Å². The van der Waals surface area contributed by atoms with E-state index in [1.54, 1.807) is 0 Å². The largest absolute Gasteiger partial charge is 0.337 e. The molecule has 1 rings (SSSR count). The van der Waals surface area contributed by atoms with Crippen molar-refractivity contribution in [2.24, 2.45) is 0 Å². The molecule has 5 nitrogen and oxygen atoms in total. The van der Waals surface area contributed by atoms with Gasteiger partial charge in [-0.05, 0) is 27.9 Å². The Morgan fingerprint density at radius 2 is 1.82 bits per heavy atom. The van der Waals surface area contributed by atoms with E-state index in [0.717, 1.165) is 39.3 Å². The second kappa shape index (κ2) is 6.81. The Bertz CT molecular complexity index is 235. The summed E-state index contributed by atoms with van der Waals surface area (Å²) in [5.41, 5.74) is 0. The van der Waals surface area contributed by atoms with Gasteiger partial charge in [-0.1, -0.05) is 0 Å². The number of nitrogens with zero attached hydrogens (tertiary/aromatic N) is 3. The van der Waals surface area contributed by atoms with Crippen molar-refractivity contribution in [2.45, 2.75) is 19.9 Å². The Kier molecular flexibility index (Phi) is 5.71. The molecule has 0 radical (unpaired) electrons. The molecule has 0 aromatic heterocycles. The predicted octanol–water partition coefficient (Wildman–Crippen LogP) is 0.284. The van der Waals surface area contributed by atoms with Gasteiger partial charge in [-0.2, -0.15) is 0 Å². The molecule has 0 spiro atoms. The van der Waals surface area contributed by atoms with Crippen LogP contribution in [0, 0.1) is 0 Å². The van der Waals surface area contributed by atoms with Crippen molar-refractivity contribution in [3.8, 4) is 0 Å². The highest BCUT2D eigenvalue weighted by Gasteiger charge is 2.21. The molecular weight excluding hydrogens is 216 g/mol. The molecule has 5 heteroatoms. The van der Waals surface area contributed by atoms with E-state index in [0.29, 0.717) is 6.04 Å². The van der Waals surface area contributed by atoms with Crippen LogP contribution in [0.1, 0.15) is 13.8 Å². The zero-order valence-electron chi connectivity index (χ0n) is 11.6. The van der Waals surface area contributed by atoms with Crippen molar-refractivity contribution in [3.63, 3.8) is 0 Å². The summed E-state index contributed by atoms with van der Waals surface area (Å²) in [4.78, 5) is 18.2. The van der Waals surface area contributed by atoms with Crippen LogP contribution in [-0.4, -0.2) is 80.1 Å². The van der Waals surface area contributed by atoms with Crippen LogP contribution in [0.4, 0.5) is 4.79 Å². The van der Waals surface area contributed by atoms with Crippen molar-refractivity contribution in [1.29, 1.82) is 0 Å². The molecule has 0 aliphatic carbocycles. The van der Waals surface area contributed by atoms with Gasteiger partial charge in [0.05, 0.1) is 0 Å². The summed E-state index contributed by atoms with van der Waals surface area (Å²) in [6.45, 7) is 9.66. The Labute approximate surface area is 105 Å². The van der Waals surface area contributed by atoms with Gasteiger partial charge >= 0.3 is 6.03 Å². The van der Waals surface area contributed by atoms with Crippen molar-refractivity contribution < 1.29 is 4.79 Å². The third-order valence-corrected chi connectivity index (χ3v) is 3.17. The molecule has 0 saturated carbocycles. The fourth-order valence-corrected chi connectivity index (χ4v) is 1.94. The summed E-state index contributed by atoms with van der Waals surface area (Å²) in [6, 6.07) is 0.657. The maximum Gasteiger partial charge on any atom is 0.317 e. The first kappa shape index (κ1) is 14.3. The number of carbonyl (C=O) groups is 1. The van der Waals surface area contributed by atoms with Crippen molar-refractivity contribution in [3.05, 3.63) is 0 Å². The summed E-state index contributed by atoms with van der Waals surface area (Å²) < 4.78 is 0. The lowest BCUT2D eigenvalue weighted by Gasteiger charge is -2.36. The fraction of sp³-hybridized carbons (Fsp3) is 0.917. The molecular formula is C12H26N4O. The zero-order chi connectivity index (χ0) is 12.8. The Morgan fingerprint density at radius 1 is 1.24 bits per heavy atom. The van der Waals surface area contributed by atoms with E-state index in [4.69, 9.17) is 0 Å². The van der Waals surface area contributed by atoms with Crippen molar-refractivity contribution in [1.82, 2.24) is 20.0 Å². The summed E-state index contributed by atoms with van der Waals surface area (Å²) in [5, 5.41) is 2.95. The highest BCUT2D eigenvalue weighted by Crippen LogP contribution is 2.05. The number of likely N-dealkylation sites (N-methyl/N-ethyl adjacent to an activating group) is 1. The number of hydrogen-bond donors (Lipinski definition) is 1. The number of nitrogens with one attached hydrogen (secondary N) is 1. The monoisotopic (exact) mass is 242 g/mol. The van der Waals surface area contributed by atoms with Crippen LogP contribution in [0.2, 0.25) is 0 Å². The molecule has 0 aromatic carbocycles. The number of carbonyl (C=O) groups excluding carboxylic acids is 1. The van der Waals surface area contributed by atoms with Gasteiger partial charge in [0, 0.05) is 45.3 Å². The minimum Gasteiger partial charge on any atom is -0.337 e. The predicted molar refractivity (Wildman–Crippen MR) is 70.2 cm³/mol. The van der Waals surface area contributed by atoms with E-state index in [1.165, 1.54) is 0 Å². The van der Waals surface area contributed by atoms with Crippen LogP contribution in [-0.2, 0) is 0 Å². The first-order valence-electron chi connectivity index (χ1n) is 6.42. The molecule has 0 bridgehead atoms. The van der Waals surface area contributed by atoms with Crippen LogP contribution >= 0.6 is 0 Å². The van der Waals surface area contributed by atoms with Gasteiger partial charge < -0.3 is 15.1 Å². The van der Waals surface area contributed by atoms with E-state index in [1.807, 2.05) is 19.0 Å². The van der Waals surface area contributed by atoms with E-state index in [9.17, 15) is 4.79 Å². The Morgan fingerprint density at radius 3 is 2.29 bits per heavy atom. The van der Waals surface area contributed by atoms with E-state index < -0.39 is 0 Å². The lowest BCUT2D eigenvalue weighted by Crippen LogP contribution is -2.53. The third-order valence-electron chi connectivity index (χ3n) is 3.17. The second-order valence-electron chi connectivity index (χ2n) is 5.15. The fourth-order valence-electron chi connectivity index (χ4n) is 1.94. The molecule has 0 unspecified atom stereocenters. The van der Waals surface area contributed by atoms with Crippen molar-refractivity contribution >= 4 is 6.03 Å². The van der Waals surface area contributed by atoms with Gasteiger partial charge in [-0.15, -0.1) is 0 Å². The van der Waals surface area contributed by atoms with Crippen molar-refractivity contribution in [2.75, 3.05) is 53.4 Å². The molecule has 100 valence electrons. The quantitative estimate of drug-likeness (QED) is 0.770. The van der Waals surface area contributed by atoms with Crippen LogP contribution in [0.25, 0.3) is 0 Å². The summed E-state index contributed by atoms with van der Waals surface area (Å²) in [5.74, 6) is 0. The first-order valence-corrected chi connectivity index (χ1v) is 6.42. The van der Waals surface area contributed by atoms with E-state index in [-0.39, 0.29) is 6.03 Å². The zero-order valence-corrected chi connectivity index (χ0v) is 11.6. The first-order chi connectivity index (χ1) is 8.00. The van der Waals surface area contributed by atoms with Crippen LogP contribution < -0.4 is 5.32 Å². The molecule has 1 heterocycles. The molecule has 1 N–H and O–H groups in total. The van der Waals surface area contributed by atoms with Gasteiger partial charge in [0.1, 0.15) is 0 Å². The lowest BCUT2D eigenvalue weighted by molar-refractivity contribution is 0.119. The molecule has 0 aromatic rings. The Hall–Kier alpha value is -0.810. The number of piperazine rings is 1. The molecule has 1 fully saturated rings. The normalized spacial score (nSPS) is 17.9. The third kappa shape index (κ3) is 4.91. The molecule has 1 aliphatic heterocycles. The summed E-state index contributed by atoms with van der Waals surface area (Å²) in [6.07, 6.45) is 0. The van der Waals surface area contributed by atoms with E-state index in [2.05, 4.69) is 29.0 Å². The molecule has 2 amide bonds. The van der Waals surface area contributed by atoms with Gasteiger partial charge in [0.2, 0.25) is 0 Å². The lowest BCUT2D eigenvalue weighted by atomic mass is 10.2. The molecule has 0 atom stereocenters. The van der Waals surface area contributed by atoms with Crippen LogP contribution in [0.15, 0.2) is 0 Å². The molecule has 1 aliphatic rings. The summed E-state index contributed by atoms with van der Waals surface area (Å²) in [7, 11) is 4.02. The minimum absolute atomic E-state index is 0.0789. The van der Waals surface area contributed by atoms with Gasteiger partial charge in [0.15, 0.2) is 0 Å². The molecule has 17 heavy (non-hydrogen) atoms. The minimum atomic E-state index is 0.0789. The van der Waals surface area contributed by atoms with Crippen LogP contribution in [0.5, 0.6) is 0 Å². The number of rotatable bonds is 4. The van der Waals surface area contributed by atoms with Crippen LogP contribution in [0.3, 0.4) is 0 Å². The van der Waals surface area contributed by atoms with Gasteiger partial charge in [-0.25, -0.2) is 4.79 Å². The maximum atomic E-state index is 11.8. The SMILES string of the molecule is CC(C)N1CCN(C(=O)NCCN(C)C)CC1. The van der Waals surface area contributed by atoms with Gasteiger partial charge in [0.25, 0.3) is 0 Å². The topological polar surface area (TPSA) is 38.8 Å². The standard InChI is InChI=1S/C12H26N4O/c1-11(2)15-7-9-16(10-8-15)12(17)13-5-6-14(3)4/h11H,5-10H2,1-4H3,(H,13,17). The Balaban J connectivity index is 2.21. The molecule has 1 saturated heterocycles. The second-order valence-corrected chi connectivity index (χ2v) is 5.15. The van der Waals surface area contributed by atoms with E-state index >= 15 is 0 Å². The number of urea groups is 1. The average Bonchev–Trinajstić information content (AvgIpc) is 2.28. The smallest absolute Gasteiger partial charge is 0.317 e. The summed E-state index contributed by atoms with van der Waals surface area (Å²) >= 11 is 0. The highest BCUT2D eigenvalue weighted by atomic mass is 16.2. The average molecular weight is 242 g/mol. The highest BCUT2D eigenvalue weighted by molar-refractivity contribution is 5.74.